The molecule has 0 atom stereocenters. The largest absolute Gasteiger partial charge is 0.435 e. The summed E-state index contributed by atoms with van der Waals surface area (Å²) in [6, 6.07) is 11.4. The molecule has 0 aliphatic heterocycles. The van der Waals surface area contributed by atoms with E-state index < -0.39 is 16.6 Å². The third-order valence-electron chi connectivity index (χ3n) is 4.25. The van der Waals surface area contributed by atoms with Gasteiger partial charge >= 0.3 is 6.61 Å². The van der Waals surface area contributed by atoms with E-state index in [0.29, 0.717) is 28.0 Å². The second-order valence-corrected chi connectivity index (χ2v) is 7.97. The van der Waals surface area contributed by atoms with Crippen LogP contribution in [-0.4, -0.2) is 25.3 Å². The maximum atomic E-state index is 12.4. The molecule has 6 nitrogen and oxygen atoms in total. The van der Waals surface area contributed by atoms with Crippen molar-refractivity contribution in [1.82, 2.24) is 4.57 Å². The molecule has 2 aromatic carbocycles. The Bertz CT molecular complexity index is 1080. The van der Waals surface area contributed by atoms with Gasteiger partial charge in [0.15, 0.2) is 0 Å². The Labute approximate surface area is 155 Å². The van der Waals surface area contributed by atoms with Crippen molar-refractivity contribution in [2.45, 2.75) is 13.5 Å². The lowest BCUT2D eigenvalue weighted by atomic mass is 10.1. The highest BCUT2D eigenvalue weighted by molar-refractivity contribution is 7.92. The van der Waals surface area contributed by atoms with Crippen molar-refractivity contribution in [1.29, 1.82) is 0 Å². The van der Waals surface area contributed by atoms with Crippen LogP contribution >= 0.6 is 0 Å². The predicted octanol–water partition coefficient (Wildman–Crippen LogP) is 3.79. The summed E-state index contributed by atoms with van der Waals surface area (Å²) >= 11 is 0. The fourth-order valence-corrected chi connectivity index (χ4v) is 3.56. The first-order chi connectivity index (χ1) is 12.7. The molecule has 0 fully saturated rings. The van der Waals surface area contributed by atoms with Gasteiger partial charge < -0.3 is 15.0 Å². The second-order valence-electron chi connectivity index (χ2n) is 5.96. The molecule has 9 heteroatoms. The summed E-state index contributed by atoms with van der Waals surface area (Å²) in [5.74, 6) is 0.0301. The van der Waals surface area contributed by atoms with E-state index in [-0.39, 0.29) is 11.5 Å². The van der Waals surface area contributed by atoms with Crippen LogP contribution in [0, 0.1) is 0 Å². The van der Waals surface area contributed by atoms with Crippen molar-refractivity contribution in [2.75, 3.05) is 16.2 Å². The number of ether oxygens (including phenoxy) is 1. The molecule has 0 spiro atoms. The molecule has 144 valence electrons. The van der Waals surface area contributed by atoms with Crippen molar-refractivity contribution in [3.8, 4) is 17.0 Å². The van der Waals surface area contributed by atoms with Crippen LogP contribution in [0.4, 0.5) is 20.2 Å². The molecule has 1 heterocycles. The van der Waals surface area contributed by atoms with E-state index in [9.17, 15) is 17.2 Å². The number of nitrogen functional groups attached to an aromatic ring is 1. The van der Waals surface area contributed by atoms with Crippen molar-refractivity contribution in [2.24, 2.45) is 7.05 Å². The Kier molecular flexibility index (Phi) is 4.97. The maximum Gasteiger partial charge on any atom is 0.387 e. The van der Waals surface area contributed by atoms with Crippen molar-refractivity contribution < 1.29 is 21.9 Å². The quantitative estimate of drug-likeness (QED) is 0.665. The van der Waals surface area contributed by atoms with Gasteiger partial charge in [0.2, 0.25) is 10.0 Å². The molecule has 0 saturated heterocycles. The van der Waals surface area contributed by atoms with Crippen LogP contribution in [0.3, 0.4) is 0 Å². The first-order valence-electron chi connectivity index (χ1n) is 8.15. The number of aryl methyl sites for hydroxylation is 1. The number of benzene rings is 2. The van der Waals surface area contributed by atoms with Gasteiger partial charge in [0, 0.05) is 29.8 Å². The first kappa shape index (κ1) is 19.0. The Morgan fingerprint density at radius 2 is 1.85 bits per heavy atom. The summed E-state index contributed by atoms with van der Waals surface area (Å²) in [7, 11) is -1.58. The zero-order valence-electron chi connectivity index (χ0n) is 14.7. The number of hydrogen-bond donors (Lipinski definition) is 2. The number of alkyl halides is 2. The monoisotopic (exact) mass is 395 g/mol. The van der Waals surface area contributed by atoms with E-state index in [4.69, 9.17) is 5.73 Å². The molecule has 3 N–H and O–H groups in total. The van der Waals surface area contributed by atoms with Crippen molar-refractivity contribution in [3.63, 3.8) is 0 Å². The molecule has 3 aromatic rings. The molecule has 0 unspecified atom stereocenters. The Morgan fingerprint density at radius 3 is 2.44 bits per heavy atom. The van der Waals surface area contributed by atoms with E-state index in [1.807, 2.05) is 0 Å². The average Bonchev–Trinajstić information content (AvgIpc) is 2.86. The molecule has 0 amide bonds. The van der Waals surface area contributed by atoms with E-state index in [2.05, 4.69) is 9.46 Å². The molecule has 27 heavy (non-hydrogen) atoms. The number of aromatic nitrogens is 1. The van der Waals surface area contributed by atoms with Gasteiger partial charge in [-0.25, -0.2) is 8.42 Å². The van der Waals surface area contributed by atoms with Gasteiger partial charge in [-0.05, 0) is 31.2 Å². The number of nitrogens with two attached hydrogens (primary N) is 1. The van der Waals surface area contributed by atoms with Crippen LogP contribution in [0.25, 0.3) is 22.2 Å². The molecule has 0 aliphatic rings. The number of hydrogen-bond acceptors (Lipinski definition) is 4. The minimum atomic E-state index is -3.36. The molecule has 0 bridgehead atoms. The number of rotatable bonds is 6. The first-order valence-corrected chi connectivity index (χ1v) is 9.80. The van der Waals surface area contributed by atoms with Crippen LogP contribution in [-0.2, 0) is 17.1 Å². The Balaban J connectivity index is 2.01. The van der Waals surface area contributed by atoms with Crippen LogP contribution in [0.1, 0.15) is 6.92 Å². The lowest BCUT2D eigenvalue weighted by Crippen LogP contribution is -2.14. The average molecular weight is 395 g/mol. The molecule has 1 aromatic heterocycles. The lowest BCUT2D eigenvalue weighted by molar-refractivity contribution is -0.0497. The van der Waals surface area contributed by atoms with Gasteiger partial charge in [-0.1, -0.05) is 12.1 Å². The van der Waals surface area contributed by atoms with Crippen LogP contribution in [0.2, 0.25) is 0 Å². The van der Waals surface area contributed by atoms with E-state index in [1.165, 1.54) is 12.1 Å². The zero-order valence-corrected chi connectivity index (χ0v) is 15.6. The normalized spacial score (nSPS) is 11.9. The number of halogens is 2. The standard InChI is InChI=1S/C18H19F2N3O3S/c1-3-27(24,25)22-12-6-4-11(5-7-12)17-16(21)14-9-8-13(26-18(19)20)10-15(14)23(17)2/h4-10,18,22H,3,21H2,1-2H3. The number of sulfonamides is 1. The smallest absolute Gasteiger partial charge is 0.387 e. The summed E-state index contributed by atoms with van der Waals surface area (Å²) in [6.45, 7) is -1.35. The van der Waals surface area contributed by atoms with E-state index in [1.54, 1.807) is 48.9 Å². The number of anilines is 2. The predicted molar refractivity (Wildman–Crippen MR) is 102 cm³/mol. The second kappa shape index (κ2) is 7.07. The topological polar surface area (TPSA) is 86.3 Å². The van der Waals surface area contributed by atoms with Gasteiger partial charge in [-0.3, -0.25) is 4.72 Å². The highest BCUT2D eigenvalue weighted by atomic mass is 32.2. The van der Waals surface area contributed by atoms with Gasteiger partial charge in [-0.15, -0.1) is 0 Å². The summed E-state index contributed by atoms with van der Waals surface area (Å²) in [6.07, 6.45) is 0. The van der Waals surface area contributed by atoms with Gasteiger partial charge in [-0.2, -0.15) is 8.78 Å². The van der Waals surface area contributed by atoms with Crippen LogP contribution < -0.4 is 15.2 Å². The summed E-state index contributed by atoms with van der Waals surface area (Å²) in [4.78, 5) is 0. The lowest BCUT2D eigenvalue weighted by Gasteiger charge is -2.09. The highest BCUT2D eigenvalue weighted by Crippen LogP contribution is 2.37. The van der Waals surface area contributed by atoms with E-state index in [0.717, 1.165) is 5.56 Å². The summed E-state index contributed by atoms with van der Waals surface area (Å²) in [5, 5.41) is 0.713. The van der Waals surface area contributed by atoms with Crippen LogP contribution in [0.15, 0.2) is 42.5 Å². The SMILES string of the molecule is CCS(=O)(=O)Nc1ccc(-c2c(N)c3ccc(OC(F)F)cc3n2C)cc1. The third-order valence-corrected chi connectivity index (χ3v) is 5.55. The van der Waals surface area contributed by atoms with Gasteiger partial charge in [0.1, 0.15) is 5.75 Å². The van der Waals surface area contributed by atoms with Crippen molar-refractivity contribution in [3.05, 3.63) is 42.5 Å². The van der Waals surface area contributed by atoms with E-state index >= 15 is 0 Å². The molecule has 0 radical (unpaired) electrons. The summed E-state index contributed by atoms with van der Waals surface area (Å²) < 4.78 is 56.9. The minimum absolute atomic E-state index is 0.0199. The van der Waals surface area contributed by atoms with Crippen molar-refractivity contribution >= 4 is 32.3 Å². The number of nitrogens with one attached hydrogen (secondary N) is 1. The Morgan fingerprint density at radius 1 is 1.19 bits per heavy atom. The highest BCUT2D eigenvalue weighted by Gasteiger charge is 2.16. The van der Waals surface area contributed by atoms with Gasteiger partial charge in [0.25, 0.3) is 0 Å². The minimum Gasteiger partial charge on any atom is -0.435 e. The summed E-state index contributed by atoms with van der Waals surface area (Å²) in [5.41, 5.74) is 9.32. The molecule has 3 rings (SSSR count). The van der Waals surface area contributed by atoms with Gasteiger partial charge in [0.05, 0.1) is 22.7 Å². The molecular formula is C18H19F2N3O3S. The molecular weight excluding hydrogens is 376 g/mol. The molecule has 0 aliphatic carbocycles. The number of fused-ring (bicyclic) bond motifs is 1. The fraction of sp³-hybridized carbons (Fsp3) is 0.222. The maximum absolute atomic E-state index is 12.4. The Hall–Kier alpha value is -2.81. The fourth-order valence-electron chi connectivity index (χ4n) is 2.92. The molecule has 0 saturated carbocycles. The third kappa shape index (κ3) is 3.82. The zero-order chi connectivity index (χ0) is 19.8. The number of nitrogens with zero attached hydrogens (tertiary/aromatic N) is 1. The van der Waals surface area contributed by atoms with Crippen LogP contribution in [0.5, 0.6) is 5.75 Å².